The minimum absolute atomic E-state index is 0.0328. The van der Waals surface area contributed by atoms with Crippen LogP contribution in [0.25, 0.3) is 0 Å². The zero-order valence-corrected chi connectivity index (χ0v) is 12.6. The molecule has 0 saturated carbocycles. The number of ether oxygens (including phenoxy) is 1. The highest BCUT2D eigenvalue weighted by atomic mass is 35.5. The van der Waals surface area contributed by atoms with Crippen LogP contribution in [-0.4, -0.2) is 7.11 Å². The molecule has 0 radical (unpaired) electrons. The van der Waals surface area contributed by atoms with Gasteiger partial charge in [0.15, 0.2) is 0 Å². The number of benzene rings is 1. The summed E-state index contributed by atoms with van der Waals surface area (Å²) in [6.45, 7) is 2.00. The monoisotopic (exact) mass is 300 g/mol. The zero-order valence-electron chi connectivity index (χ0n) is 10.2. The number of halogens is 2. The van der Waals surface area contributed by atoms with Crippen LogP contribution < -0.4 is 4.74 Å². The van der Waals surface area contributed by atoms with Crippen molar-refractivity contribution in [3.8, 4) is 5.75 Å². The topological polar surface area (TPSA) is 9.23 Å². The molecule has 0 saturated heterocycles. The van der Waals surface area contributed by atoms with Crippen LogP contribution in [0.2, 0.25) is 4.34 Å². The average molecular weight is 301 g/mol. The number of hydrogen-bond acceptors (Lipinski definition) is 2. The minimum atomic E-state index is -0.0328. The van der Waals surface area contributed by atoms with Crippen LogP contribution in [0.4, 0.5) is 0 Å². The van der Waals surface area contributed by atoms with Gasteiger partial charge in [-0.15, -0.1) is 22.9 Å². The van der Waals surface area contributed by atoms with Gasteiger partial charge in [-0.25, -0.2) is 0 Å². The highest BCUT2D eigenvalue weighted by molar-refractivity contribution is 7.16. The lowest BCUT2D eigenvalue weighted by Gasteiger charge is -2.08. The van der Waals surface area contributed by atoms with Crippen molar-refractivity contribution < 1.29 is 4.74 Å². The second-order valence-electron chi connectivity index (χ2n) is 4.13. The Morgan fingerprint density at radius 2 is 1.94 bits per heavy atom. The maximum absolute atomic E-state index is 6.42. The van der Waals surface area contributed by atoms with Gasteiger partial charge >= 0.3 is 0 Å². The lowest BCUT2D eigenvalue weighted by Crippen LogP contribution is -1.93. The molecule has 1 nitrogen and oxygen atoms in total. The lowest BCUT2D eigenvalue weighted by atomic mass is 10.1. The Morgan fingerprint density at radius 3 is 2.44 bits per heavy atom. The Morgan fingerprint density at radius 1 is 1.28 bits per heavy atom. The van der Waals surface area contributed by atoms with E-state index >= 15 is 0 Å². The van der Waals surface area contributed by atoms with Gasteiger partial charge in [-0.1, -0.05) is 23.7 Å². The summed E-state index contributed by atoms with van der Waals surface area (Å²) in [4.78, 5) is 1.12. The van der Waals surface area contributed by atoms with Crippen molar-refractivity contribution in [2.24, 2.45) is 0 Å². The van der Waals surface area contributed by atoms with Crippen molar-refractivity contribution in [3.05, 3.63) is 50.7 Å². The smallest absolute Gasteiger partial charge is 0.118 e. The number of thiophene rings is 1. The van der Waals surface area contributed by atoms with Crippen LogP contribution in [0.3, 0.4) is 0 Å². The van der Waals surface area contributed by atoms with Crippen LogP contribution in [0.5, 0.6) is 5.75 Å². The van der Waals surface area contributed by atoms with Crippen LogP contribution in [-0.2, 0) is 6.42 Å². The van der Waals surface area contributed by atoms with Crippen molar-refractivity contribution in [2.75, 3.05) is 7.11 Å². The Kier molecular flexibility index (Phi) is 4.55. The van der Waals surface area contributed by atoms with Crippen molar-refractivity contribution in [2.45, 2.75) is 18.7 Å². The second kappa shape index (κ2) is 5.96. The molecular weight excluding hydrogens is 287 g/mol. The minimum Gasteiger partial charge on any atom is -0.497 e. The van der Waals surface area contributed by atoms with E-state index in [4.69, 9.17) is 27.9 Å². The van der Waals surface area contributed by atoms with E-state index in [1.54, 1.807) is 18.4 Å². The van der Waals surface area contributed by atoms with Crippen LogP contribution >= 0.6 is 34.5 Å². The first-order valence-corrected chi connectivity index (χ1v) is 7.26. The Bertz CT molecular complexity index is 500. The SMILES string of the molecule is COc1ccc(CC(Cl)c2cc(C)c(Cl)s2)cc1. The van der Waals surface area contributed by atoms with Gasteiger partial charge in [0.2, 0.25) is 0 Å². The van der Waals surface area contributed by atoms with Gasteiger partial charge in [0.25, 0.3) is 0 Å². The Hall–Kier alpha value is -0.700. The summed E-state index contributed by atoms with van der Waals surface area (Å²) >= 11 is 14.0. The third kappa shape index (κ3) is 3.19. The summed E-state index contributed by atoms with van der Waals surface area (Å²) in [5.74, 6) is 0.861. The molecule has 0 N–H and O–H groups in total. The fourth-order valence-corrected chi connectivity index (χ4v) is 3.28. The predicted octanol–water partition coefficient (Wildman–Crippen LogP) is 5.24. The Balaban J connectivity index is 2.08. The number of aryl methyl sites for hydroxylation is 1. The van der Waals surface area contributed by atoms with Gasteiger partial charge in [0, 0.05) is 4.88 Å². The third-order valence-corrected chi connectivity index (χ3v) is 4.95. The number of alkyl halides is 1. The van der Waals surface area contributed by atoms with Crippen molar-refractivity contribution in [1.29, 1.82) is 0 Å². The summed E-state index contributed by atoms with van der Waals surface area (Å²) in [7, 11) is 1.66. The standard InChI is InChI=1S/C14H14Cl2OS/c1-9-7-13(18-14(9)16)12(15)8-10-3-5-11(17-2)6-4-10/h3-7,12H,8H2,1-2H3. The van der Waals surface area contributed by atoms with E-state index in [1.165, 1.54) is 5.56 Å². The van der Waals surface area contributed by atoms with Gasteiger partial charge in [-0.3, -0.25) is 0 Å². The molecule has 0 aliphatic rings. The normalized spacial score (nSPS) is 12.4. The van der Waals surface area contributed by atoms with Gasteiger partial charge in [-0.2, -0.15) is 0 Å². The highest BCUT2D eigenvalue weighted by Gasteiger charge is 2.13. The number of methoxy groups -OCH3 is 1. The van der Waals surface area contributed by atoms with Gasteiger partial charge in [0.1, 0.15) is 5.75 Å². The molecule has 2 rings (SSSR count). The quantitative estimate of drug-likeness (QED) is 0.702. The van der Waals surface area contributed by atoms with E-state index in [-0.39, 0.29) is 5.38 Å². The fraction of sp³-hybridized carbons (Fsp3) is 0.286. The van der Waals surface area contributed by atoms with Crippen LogP contribution in [0.1, 0.15) is 21.4 Å². The predicted molar refractivity (Wildman–Crippen MR) is 79.4 cm³/mol. The molecule has 1 aromatic carbocycles. The first-order valence-electron chi connectivity index (χ1n) is 5.63. The zero-order chi connectivity index (χ0) is 13.1. The molecule has 18 heavy (non-hydrogen) atoms. The van der Waals surface area contributed by atoms with E-state index in [0.717, 1.165) is 26.9 Å². The molecule has 1 aromatic heterocycles. The molecule has 0 spiro atoms. The molecule has 0 amide bonds. The van der Waals surface area contributed by atoms with Crippen molar-refractivity contribution >= 4 is 34.5 Å². The van der Waals surface area contributed by atoms with Gasteiger partial charge in [-0.05, 0) is 42.7 Å². The molecule has 4 heteroatoms. The van der Waals surface area contributed by atoms with E-state index < -0.39 is 0 Å². The highest BCUT2D eigenvalue weighted by Crippen LogP contribution is 2.35. The third-order valence-electron chi connectivity index (χ3n) is 2.76. The average Bonchev–Trinajstić information content (AvgIpc) is 2.71. The molecule has 0 aliphatic heterocycles. The molecule has 1 unspecified atom stereocenters. The van der Waals surface area contributed by atoms with Crippen LogP contribution in [0, 0.1) is 6.92 Å². The first-order chi connectivity index (χ1) is 8.60. The maximum atomic E-state index is 6.42. The van der Waals surface area contributed by atoms with Gasteiger partial charge < -0.3 is 4.74 Å². The van der Waals surface area contributed by atoms with E-state index in [9.17, 15) is 0 Å². The molecule has 2 aromatic rings. The second-order valence-corrected chi connectivity index (χ2v) is 6.34. The number of hydrogen-bond donors (Lipinski definition) is 0. The molecule has 1 atom stereocenters. The summed E-state index contributed by atoms with van der Waals surface area (Å²) in [6.07, 6.45) is 0.793. The molecule has 0 fully saturated rings. The molecule has 0 aliphatic carbocycles. The van der Waals surface area contributed by atoms with E-state index in [2.05, 4.69) is 6.07 Å². The summed E-state index contributed by atoms with van der Waals surface area (Å²) in [6, 6.07) is 10.0. The molecule has 1 heterocycles. The van der Waals surface area contributed by atoms with Crippen molar-refractivity contribution in [1.82, 2.24) is 0 Å². The van der Waals surface area contributed by atoms with E-state index in [1.807, 2.05) is 31.2 Å². The van der Waals surface area contributed by atoms with Crippen LogP contribution in [0.15, 0.2) is 30.3 Å². The first kappa shape index (κ1) is 13.7. The van der Waals surface area contributed by atoms with Crippen molar-refractivity contribution in [3.63, 3.8) is 0 Å². The van der Waals surface area contributed by atoms with E-state index in [0.29, 0.717) is 0 Å². The molecule has 0 bridgehead atoms. The Labute approximate surface area is 121 Å². The molecular formula is C14H14Cl2OS. The largest absolute Gasteiger partial charge is 0.497 e. The summed E-state index contributed by atoms with van der Waals surface area (Å²) < 4.78 is 5.95. The lowest BCUT2D eigenvalue weighted by molar-refractivity contribution is 0.414. The maximum Gasteiger partial charge on any atom is 0.118 e. The molecule has 96 valence electrons. The number of rotatable bonds is 4. The van der Waals surface area contributed by atoms with Gasteiger partial charge in [0.05, 0.1) is 16.8 Å². The fourth-order valence-electron chi connectivity index (χ4n) is 1.71. The summed E-state index contributed by atoms with van der Waals surface area (Å²) in [5, 5.41) is -0.0328. The summed E-state index contributed by atoms with van der Waals surface area (Å²) in [5.41, 5.74) is 2.29.